The van der Waals surface area contributed by atoms with Crippen LogP contribution in [0.5, 0.6) is 0 Å². The van der Waals surface area contributed by atoms with E-state index in [1.54, 1.807) is 37.5 Å². The highest BCUT2D eigenvalue weighted by Gasteiger charge is 2.17. The van der Waals surface area contributed by atoms with E-state index >= 15 is 0 Å². The second kappa shape index (κ2) is 9.64. The van der Waals surface area contributed by atoms with E-state index in [9.17, 15) is 8.42 Å². The van der Waals surface area contributed by atoms with Crippen molar-refractivity contribution in [3.63, 3.8) is 0 Å². The summed E-state index contributed by atoms with van der Waals surface area (Å²) in [5.74, 6) is 1.41. The Morgan fingerprint density at radius 3 is 2.43 bits per heavy atom. The SMILES string of the molecule is Cc1ccc(C(C)C)cc1S(=O)(=O)NCCNc1ccc(Nc2cccnc2)nn1. The van der Waals surface area contributed by atoms with Gasteiger partial charge in [0.15, 0.2) is 5.82 Å². The molecule has 8 nitrogen and oxygen atoms in total. The van der Waals surface area contributed by atoms with Gasteiger partial charge in [0.05, 0.1) is 16.8 Å². The van der Waals surface area contributed by atoms with Gasteiger partial charge in [-0.3, -0.25) is 4.98 Å². The number of rotatable bonds is 9. The molecular formula is C21H26N6O2S. The molecule has 0 radical (unpaired) electrons. The van der Waals surface area contributed by atoms with Crippen LogP contribution in [0.1, 0.15) is 30.9 Å². The molecule has 158 valence electrons. The quantitative estimate of drug-likeness (QED) is 0.450. The first kappa shape index (κ1) is 21.7. The minimum atomic E-state index is -3.58. The van der Waals surface area contributed by atoms with Crippen LogP contribution in [0, 0.1) is 6.92 Å². The van der Waals surface area contributed by atoms with Crippen molar-refractivity contribution in [2.75, 3.05) is 23.7 Å². The highest BCUT2D eigenvalue weighted by molar-refractivity contribution is 7.89. The molecule has 0 aliphatic heterocycles. The van der Waals surface area contributed by atoms with E-state index in [1.807, 2.05) is 38.1 Å². The maximum Gasteiger partial charge on any atom is 0.240 e. The zero-order chi connectivity index (χ0) is 21.6. The van der Waals surface area contributed by atoms with Gasteiger partial charge >= 0.3 is 0 Å². The van der Waals surface area contributed by atoms with Gasteiger partial charge in [0.1, 0.15) is 5.82 Å². The first-order valence-corrected chi connectivity index (χ1v) is 11.2. The topological polar surface area (TPSA) is 109 Å². The van der Waals surface area contributed by atoms with E-state index < -0.39 is 10.0 Å². The molecule has 0 saturated heterocycles. The molecule has 0 saturated carbocycles. The van der Waals surface area contributed by atoms with Crippen LogP contribution in [0.15, 0.2) is 59.8 Å². The minimum absolute atomic E-state index is 0.227. The van der Waals surface area contributed by atoms with Gasteiger partial charge in [-0.2, -0.15) is 0 Å². The molecule has 0 fully saturated rings. The van der Waals surface area contributed by atoms with E-state index in [0.717, 1.165) is 16.8 Å². The Morgan fingerprint density at radius 1 is 1.00 bits per heavy atom. The van der Waals surface area contributed by atoms with Crippen LogP contribution in [-0.2, 0) is 10.0 Å². The normalized spacial score (nSPS) is 11.5. The number of aryl methyl sites for hydroxylation is 1. The number of pyridine rings is 1. The molecule has 0 spiro atoms. The largest absolute Gasteiger partial charge is 0.367 e. The van der Waals surface area contributed by atoms with Crippen molar-refractivity contribution in [3.05, 3.63) is 66.0 Å². The molecule has 0 bridgehead atoms. The van der Waals surface area contributed by atoms with Crippen molar-refractivity contribution >= 4 is 27.3 Å². The summed E-state index contributed by atoms with van der Waals surface area (Å²) in [5, 5.41) is 14.3. The van der Waals surface area contributed by atoms with E-state index in [-0.39, 0.29) is 12.5 Å². The van der Waals surface area contributed by atoms with Gasteiger partial charge in [-0.15, -0.1) is 10.2 Å². The molecule has 3 rings (SSSR count). The summed E-state index contributed by atoms with van der Waals surface area (Å²) in [7, 11) is -3.58. The number of nitrogens with one attached hydrogen (secondary N) is 3. The molecule has 0 atom stereocenters. The summed E-state index contributed by atoms with van der Waals surface area (Å²) >= 11 is 0. The summed E-state index contributed by atoms with van der Waals surface area (Å²) in [6, 6.07) is 12.8. The van der Waals surface area contributed by atoms with Crippen molar-refractivity contribution in [1.82, 2.24) is 19.9 Å². The summed E-state index contributed by atoms with van der Waals surface area (Å²) in [6.07, 6.45) is 3.39. The molecule has 0 amide bonds. The molecule has 2 aromatic heterocycles. The predicted molar refractivity (Wildman–Crippen MR) is 118 cm³/mol. The van der Waals surface area contributed by atoms with Crippen LogP contribution in [0.25, 0.3) is 0 Å². The number of hydrogen-bond acceptors (Lipinski definition) is 7. The molecule has 0 aliphatic rings. The second-order valence-electron chi connectivity index (χ2n) is 7.17. The number of sulfonamides is 1. The average molecular weight is 427 g/mol. The molecule has 1 aromatic carbocycles. The molecule has 2 heterocycles. The third kappa shape index (κ3) is 5.74. The first-order chi connectivity index (χ1) is 14.3. The van der Waals surface area contributed by atoms with Crippen LogP contribution in [0.2, 0.25) is 0 Å². The molecule has 9 heteroatoms. The lowest BCUT2D eigenvalue weighted by atomic mass is 10.0. The summed E-state index contributed by atoms with van der Waals surface area (Å²) in [6.45, 7) is 6.48. The Kier molecular flexibility index (Phi) is 6.96. The molecule has 0 unspecified atom stereocenters. The van der Waals surface area contributed by atoms with Gasteiger partial charge in [-0.05, 0) is 54.3 Å². The predicted octanol–water partition coefficient (Wildman–Crippen LogP) is 3.44. The van der Waals surface area contributed by atoms with Gasteiger partial charge in [0.25, 0.3) is 0 Å². The van der Waals surface area contributed by atoms with Crippen LogP contribution in [0.4, 0.5) is 17.3 Å². The van der Waals surface area contributed by atoms with Crippen LogP contribution >= 0.6 is 0 Å². The zero-order valence-corrected chi connectivity index (χ0v) is 18.1. The van der Waals surface area contributed by atoms with E-state index in [1.165, 1.54) is 0 Å². The van der Waals surface area contributed by atoms with Crippen molar-refractivity contribution in [2.24, 2.45) is 0 Å². The Balaban J connectivity index is 1.52. The summed E-state index contributed by atoms with van der Waals surface area (Å²) < 4.78 is 28.0. The number of hydrogen-bond donors (Lipinski definition) is 3. The number of aromatic nitrogens is 3. The lowest BCUT2D eigenvalue weighted by Gasteiger charge is -2.13. The summed E-state index contributed by atoms with van der Waals surface area (Å²) in [4.78, 5) is 4.35. The third-order valence-corrected chi connectivity index (χ3v) is 6.09. The fourth-order valence-corrected chi connectivity index (χ4v) is 4.11. The zero-order valence-electron chi connectivity index (χ0n) is 17.3. The fraction of sp³-hybridized carbons (Fsp3) is 0.286. The molecule has 3 N–H and O–H groups in total. The van der Waals surface area contributed by atoms with Crippen molar-refractivity contribution in [3.8, 4) is 0 Å². The minimum Gasteiger partial charge on any atom is -0.367 e. The van der Waals surface area contributed by atoms with E-state index in [2.05, 4.69) is 30.5 Å². The van der Waals surface area contributed by atoms with Gasteiger partial charge in [-0.1, -0.05) is 26.0 Å². The standard InChI is InChI=1S/C21H26N6O2S/c1-15(2)17-7-6-16(3)19(13-17)30(28,29)24-12-11-23-20-8-9-21(27-26-20)25-18-5-4-10-22-14-18/h4-10,13-15,24H,11-12H2,1-3H3,(H,23,26)(H,25,27). The fourth-order valence-electron chi connectivity index (χ4n) is 2.80. The van der Waals surface area contributed by atoms with E-state index in [4.69, 9.17) is 0 Å². The van der Waals surface area contributed by atoms with Crippen LogP contribution in [0.3, 0.4) is 0 Å². The smallest absolute Gasteiger partial charge is 0.240 e. The van der Waals surface area contributed by atoms with Crippen LogP contribution in [-0.4, -0.2) is 36.7 Å². The Morgan fingerprint density at radius 2 is 1.77 bits per heavy atom. The Labute approximate surface area is 177 Å². The molecule has 30 heavy (non-hydrogen) atoms. The van der Waals surface area contributed by atoms with Crippen molar-refractivity contribution in [1.29, 1.82) is 0 Å². The Bertz CT molecular complexity index is 1070. The Hall–Kier alpha value is -3.04. The lowest BCUT2D eigenvalue weighted by molar-refractivity contribution is 0.582. The first-order valence-electron chi connectivity index (χ1n) is 9.70. The number of anilines is 3. The molecular weight excluding hydrogens is 400 g/mol. The van der Waals surface area contributed by atoms with Crippen molar-refractivity contribution < 1.29 is 8.42 Å². The average Bonchev–Trinajstić information content (AvgIpc) is 2.73. The van der Waals surface area contributed by atoms with Gasteiger partial charge in [-0.25, -0.2) is 13.1 Å². The maximum atomic E-state index is 12.7. The van der Waals surface area contributed by atoms with Gasteiger partial charge < -0.3 is 10.6 Å². The van der Waals surface area contributed by atoms with Crippen molar-refractivity contribution in [2.45, 2.75) is 31.6 Å². The lowest BCUT2D eigenvalue weighted by Crippen LogP contribution is -2.29. The molecule has 0 aliphatic carbocycles. The number of benzene rings is 1. The van der Waals surface area contributed by atoms with Crippen LogP contribution < -0.4 is 15.4 Å². The maximum absolute atomic E-state index is 12.7. The van der Waals surface area contributed by atoms with Gasteiger partial charge in [0.2, 0.25) is 10.0 Å². The van der Waals surface area contributed by atoms with Gasteiger partial charge in [0, 0.05) is 19.3 Å². The summed E-state index contributed by atoms with van der Waals surface area (Å²) in [5.41, 5.74) is 2.54. The molecule has 3 aromatic rings. The third-order valence-electron chi connectivity index (χ3n) is 4.49. The highest BCUT2D eigenvalue weighted by Crippen LogP contribution is 2.22. The highest BCUT2D eigenvalue weighted by atomic mass is 32.2. The van der Waals surface area contributed by atoms with E-state index in [0.29, 0.717) is 23.1 Å². The number of nitrogens with zero attached hydrogens (tertiary/aromatic N) is 3. The second-order valence-corrected chi connectivity index (χ2v) is 8.91. The monoisotopic (exact) mass is 426 g/mol.